The summed E-state index contributed by atoms with van der Waals surface area (Å²) in [5, 5.41) is 9.00. The Morgan fingerprint density at radius 3 is 2.53 bits per heavy atom. The Balaban J connectivity index is 2.89. The van der Waals surface area contributed by atoms with Crippen molar-refractivity contribution in [1.29, 1.82) is 0 Å². The van der Waals surface area contributed by atoms with Gasteiger partial charge in [0, 0.05) is 6.04 Å². The summed E-state index contributed by atoms with van der Waals surface area (Å²) in [6.45, 7) is 2.08. The zero-order valence-electron chi connectivity index (χ0n) is 9.40. The van der Waals surface area contributed by atoms with E-state index in [2.05, 4.69) is 11.8 Å². The minimum Gasteiger partial charge on any atom is -0.478 e. The van der Waals surface area contributed by atoms with Crippen molar-refractivity contribution in [3.63, 3.8) is 0 Å². The number of carboxylic acids is 1. The van der Waals surface area contributed by atoms with Crippen LogP contribution < -0.4 is 0 Å². The van der Waals surface area contributed by atoms with Crippen LogP contribution in [0.15, 0.2) is 24.3 Å². The topological polar surface area (TPSA) is 40.5 Å². The Labute approximate surface area is 90.3 Å². The van der Waals surface area contributed by atoms with E-state index in [0.717, 1.165) is 12.0 Å². The molecule has 1 rings (SSSR count). The minimum absolute atomic E-state index is 0.338. The second-order valence-corrected chi connectivity index (χ2v) is 3.98. The second-order valence-electron chi connectivity index (χ2n) is 3.98. The molecule has 0 amide bonds. The van der Waals surface area contributed by atoms with Crippen molar-refractivity contribution in [2.75, 3.05) is 14.1 Å². The van der Waals surface area contributed by atoms with Gasteiger partial charge in [0.25, 0.3) is 0 Å². The maximum Gasteiger partial charge on any atom is 0.335 e. The number of likely N-dealkylation sites (N-methyl/N-ethyl adjacent to an activating group) is 1. The van der Waals surface area contributed by atoms with Gasteiger partial charge in [-0.1, -0.05) is 18.2 Å². The molecule has 0 spiro atoms. The lowest BCUT2D eigenvalue weighted by Gasteiger charge is -2.20. The molecule has 0 aliphatic heterocycles. The van der Waals surface area contributed by atoms with Gasteiger partial charge in [-0.05, 0) is 39.1 Å². The van der Waals surface area contributed by atoms with Crippen LogP contribution in [0.3, 0.4) is 0 Å². The lowest BCUT2D eigenvalue weighted by atomic mass is 10.0. The first-order chi connectivity index (χ1) is 7.02. The van der Waals surface area contributed by atoms with E-state index in [-0.39, 0.29) is 0 Å². The molecule has 82 valence electrons. The van der Waals surface area contributed by atoms with E-state index in [1.54, 1.807) is 12.1 Å². The van der Waals surface area contributed by atoms with E-state index in [0.29, 0.717) is 11.6 Å². The Morgan fingerprint density at radius 2 is 2.00 bits per heavy atom. The molecule has 0 heterocycles. The molecule has 0 aliphatic carbocycles. The minimum atomic E-state index is -0.850. The normalized spacial score (nSPS) is 12.8. The highest BCUT2D eigenvalue weighted by Gasteiger charge is 2.12. The summed E-state index contributed by atoms with van der Waals surface area (Å²) < 4.78 is 0. The third-order valence-electron chi connectivity index (χ3n) is 2.64. The van der Waals surface area contributed by atoms with Crippen LogP contribution in [0.5, 0.6) is 0 Å². The molecule has 1 atom stereocenters. The summed E-state index contributed by atoms with van der Waals surface area (Å²) in [6.07, 6.45) is 0.759. The third kappa shape index (κ3) is 3.06. The van der Waals surface area contributed by atoms with Crippen LogP contribution in [0.4, 0.5) is 0 Å². The first-order valence-electron chi connectivity index (χ1n) is 5.00. The maximum absolute atomic E-state index is 11.0. The molecular weight excluding hydrogens is 190 g/mol. The summed E-state index contributed by atoms with van der Waals surface area (Å²) in [7, 11) is 3.99. The number of nitrogens with zero attached hydrogens (tertiary/aromatic N) is 1. The Bertz CT molecular complexity index is 347. The quantitative estimate of drug-likeness (QED) is 0.819. The summed E-state index contributed by atoms with van der Waals surface area (Å²) in [6, 6.07) is 7.51. The summed E-state index contributed by atoms with van der Waals surface area (Å²) >= 11 is 0. The van der Waals surface area contributed by atoms with Gasteiger partial charge in [0.15, 0.2) is 0 Å². The number of benzene rings is 1. The number of carbonyl (C=O) groups is 1. The molecule has 1 aromatic rings. The summed E-state index contributed by atoms with van der Waals surface area (Å²) in [5.41, 5.74) is 1.30. The molecule has 0 fully saturated rings. The molecule has 1 N–H and O–H groups in total. The molecule has 0 saturated heterocycles. The van der Waals surface area contributed by atoms with E-state index in [9.17, 15) is 4.79 Å². The third-order valence-corrected chi connectivity index (χ3v) is 2.64. The molecule has 0 saturated carbocycles. The Morgan fingerprint density at radius 1 is 1.40 bits per heavy atom. The van der Waals surface area contributed by atoms with Crippen molar-refractivity contribution in [2.24, 2.45) is 0 Å². The summed E-state index contributed by atoms with van der Waals surface area (Å²) in [4.78, 5) is 13.0. The van der Waals surface area contributed by atoms with Gasteiger partial charge in [0.1, 0.15) is 0 Å². The van der Waals surface area contributed by atoms with E-state index < -0.39 is 5.97 Å². The van der Waals surface area contributed by atoms with Crippen LogP contribution >= 0.6 is 0 Å². The molecule has 15 heavy (non-hydrogen) atoms. The zero-order chi connectivity index (χ0) is 11.4. The summed E-state index contributed by atoms with van der Waals surface area (Å²) in [5.74, 6) is -0.850. The van der Waals surface area contributed by atoms with Gasteiger partial charge < -0.3 is 10.0 Å². The highest BCUT2D eigenvalue weighted by molar-refractivity contribution is 5.89. The van der Waals surface area contributed by atoms with Crippen LogP contribution in [-0.2, 0) is 6.42 Å². The predicted molar refractivity (Wildman–Crippen MR) is 60.3 cm³/mol. The zero-order valence-corrected chi connectivity index (χ0v) is 9.40. The van der Waals surface area contributed by atoms with Crippen molar-refractivity contribution < 1.29 is 9.90 Å². The fourth-order valence-corrected chi connectivity index (χ4v) is 1.41. The number of carboxylic acid groups (broad SMARTS) is 1. The first kappa shape index (κ1) is 11.7. The standard InChI is InChI=1S/C12H17NO2/c1-9(13(2)3)8-10-6-4-5-7-11(10)12(14)15/h4-7,9H,8H2,1-3H3,(H,14,15)/t9-/m1/s1. The predicted octanol–water partition coefficient (Wildman–Crippen LogP) is 1.88. The molecule has 3 heteroatoms. The highest BCUT2D eigenvalue weighted by Crippen LogP contribution is 2.12. The number of aromatic carboxylic acids is 1. The lowest BCUT2D eigenvalue weighted by molar-refractivity contribution is 0.0695. The van der Waals surface area contributed by atoms with E-state index in [1.807, 2.05) is 26.2 Å². The van der Waals surface area contributed by atoms with E-state index in [4.69, 9.17) is 5.11 Å². The molecule has 0 bridgehead atoms. The molecular formula is C12H17NO2. The van der Waals surface area contributed by atoms with Crippen molar-refractivity contribution in [3.05, 3.63) is 35.4 Å². The van der Waals surface area contributed by atoms with Crippen LogP contribution in [0.25, 0.3) is 0 Å². The first-order valence-corrected chi connectivity index (χ1v) is 5.00. The van der Waals surface area contributed by atoms with Gasteiger partial charge in [-0.3, -0.25) is 0 Å². The molecule has 0 unspecified atom stereocenters. The van der Waals surface area contributed by atoms with Crippen LogP contribution in [0, 0.1) is 0 Å². The van der Waals surface area contributed by atoms with Crippen LogP contribution in [-0.4, -0.2) is 36.1 Å². The van der Waals surface area contributed by atoms with Crippen molar-refractivity contribution in [2.45, 2.75) is 19.4 Å². The molecule has 0 aliphatic rings. The van der Waals surface area contributed by atoms with Gasteiger partial charge in [-0.2, -0.15) is 0 Å². The van der Waals surface area contributed by atoms with Crippen molar-refractivity contribution >= 4 is 5.97 Å². The lowest BCUT2D eigenvalue weighted by Crippen LogP contribution is -2.27. The van der Waals surface area contributed by atoms with Gasteiger partial charge in [-0.15, -0.1) is 0 Å². The maximum atomic E-state index is 11.0. The Hall–Kier alpha value is -1.35. The highest BCUT2D eigenvalue weighted by atomic mass is 16.4. The van der Waals surface area contributed by atoms with Gasteiger partial charge in [0.05, 0.1) is 5.56 Å². The fraction of sp³-hybridized carbons (Fsp3) is 0.417. The second kappa shape index (κ2) is 4.94. The SMILES string of the molecule is C[C@H](Cc1ccccc1C(=O)O)N(C)C. The number of hydrogen-bond acceptors (Lipinski definition) is 2. The molecule has 0 aromatic heterocycles. The average molecular weight is 207 g/mol. The smallest absolute Gasteiger partial charge is 0.335 e. The number of rotatable bonds is 4. The monoisotopic (exact) mass is 207 g/mol. The van der Waals surface area contributed by atoms with Crippen LogP contribution in [0.2, 0.25) is 0 Å². The van der Waals surface area contributed by atoms with E-state index >= 15 is 0 Å². The Kier molecular flexibility index (Phi) is 3.86. The van der Waals surface area contributed by atoms with Crippen LogP contribution in [0.1, 0.15) is 22.8 Å². The van der Waals surface area contributed by atoms with E-state index in [1.165, 1.54) is 0 Å². The molecule has 3 nitrogen and oxygen atoms in total. The van der Waals surface area contributed by atoms with Crippen molar-refractivity contribution in [1.82, 2.24) is 4.90 Å². The molecule has 1 aromatic carbocycles. The fourth-order valence-electron chi connectivity index (χ4n) is 1.41. The van der Waals surface area contributed by atoms with Gasteiger partial charge in [-0.25, -0.2) is 4.79 Å². The largest absolute Gasteiger partial charge is 0.478 e. The number of hydrogen-bond donors (Lipinski definition) is 1. The average Bonchev–Trinajstić information content (AvgIpc) is 2.18. The van der Waals surface area contributed by atoms with Gasteiger partial charge in [0.2, 0.25) is 0 Å². The van der Waals surface area contributed by atoms with Crippen molar-refractivity contribution in [3.8, 4) is 0 Å². The van der Waals surface area contributed by atoms with Gasteiger partial charge >= 0.3 is 5.97 Å². The molecule has 0 radical (unpaired) electrons.